The van der Waals surface area contributed by atoms with Gasteiger partial charge in [-0.15, -0.1) is 0 Å². The van der Waals surface area contributed by atoms with E-state index in [1.807, 2.05) is 0 Å². The fraction of sp³-hybridized carbons (Fsp3) is 0.667. The van der Waals surface area contributed by atoms with E-state index in [0.29, 0.717) is 0 Å². The third-order valence-corrected chi connectivity index (χ3v) is 0.717. The Hall–Kier alpha value is -0.465. The van der Waals surface area contributed by atoms with Crippen LogP contribution in [0.1, 0.15) is 0 Å². The van der Waals surface area contributed by atoms with Gasteiger partial charge in [0.15, 0.2) is 0 Å². The molecule has 3 heteroatoms. The maximum absolute atomic E-state index is 5.22. The van der Waals surface area contributed by atoms with Gasteiger partial charge >= 0.3 is 0 Å². The van der Waals surface area contributed by atoms with Crippen LogP contribution >= 0.6 is 0 Å². The SMILES string of the molecule is [B]N1C=NCC1. The Morgan fingerprint density at radius 3 is 2.83 bits per heavy atom. The zero-order valence-electron chi connectivity index (χ0n) is 3.46. The van der Waals surface area contributed by atoms with Crippen LogP contribution in [0.25, 0.3) is 0 Å². The second kappa shape index (κ2) is 1.33. The van der Waals surface area contributed by atoms with Gasteiger partial charge in [-0.3, -0.25) is 4.99 Å². The Balaban J connectivity index is 2.38. The molecule has 0 saturated carbocycles. The van der Waals surface area contributed by atoms with E-state index in [1.54, 1.807) is 11.1 Å². The van der Waals surface area contributed by atoms with Crippen LogP contribution in [0.5, 0.6) is 0 Å². The molecule has 0 fully saturated rings. The van der Waals surface area contributed by atoms with Crippen LogP contribution in [-0.2, 0) is 0 Å². The van der Waals surface area contributed by atoms with Crippen LogP contribution < -0.4 is 0 Å². The lowest BCUT2D eigenvalue weighted by atomic mass is 10.3. The Kier molecular flexibility index (Phi) is 0.822. The third kappa shape index (κ3) is 0.532. The predicted molar refractivity (Wildman–Crippen MR) is 25.8 cm³/mol. The number of hydrogen-bond acceptors (Lipinski definition) is 2. The van der Waals surface area contributed by atoms with E-state index in [-0.39, 0.29) is 0 Å². The molecule has 0 atom stereocenters. The molecule has 2 nitrogen and oxygen atoms in total. The molecule has 0 unspecified atom stereocenters. The van der Waals surface area contributed by atoms with E-state index >= 15 is 0 Å². The van der Waals surface area contributed by atoms with Crippen molar-refractivity contribution < 1.29 is 0 Å². The summed E-state index contributed by atoms with van der Waals surface area (Å²) in [5, 5.41) is 0. The standard InChI is InChI=1S/C3H5BN2/c4-6-2-1-5-3-6/h3H,1-2H2. The summed E-state index contributed by atoms with van der Waals surface area (Å²) in [7, 11) is 5.22. The van der Waals surface area contributed by atoms with Crippen molar-refractivity contribution in [2.45, 2.75) is 0 Å². The molecule has 30 valence electrons. The highest BCUT2D eigenvalue weighted by Crippen LogP contribution is 1.83. The first kappa shape index (κ1) is 3.72. The van der Waals surface area contributed by atoms with Crippen molar-refractivity contribution in [2.24, 2.45) is 4.99 Å². The molecule has 6 heavy (non-hydrogen) atoms. The maximum Gasteiger partial charge on any atom is 0.227 e. The largest absolute Gasteiger partial charge is 0.415 e. The minimum Gasteiger partial charge on any atom is -0.415 e. The molecule has 0 aromatic rings. The van der Waals surface area contributed by atoms with E-state index in [1.165, 1.54) is 0 Å². The molecule has 0 aromatic heterocycles. The molecule has 1 aliphatic heterocycles. The average Bonchev–Trinajstić information content (AvgIpc) is 1.86. The summed E-state index contributed by atoms with van der Waals surface area (Å²) in [6.07, 6.45) is 1.64. The topological polar surface area (TPSA) is 15.6 Å². The molecule has 1 aliphatic rings. The van der Waals surface area contributed by atoms with Gasteiger partial charge in [0.25, 0.3) is 0 Å². The van der Waals surface area contributed by atoms with Crippen LogP contribution in [0, 0.1) is 0 Å². The number of hydrogen-bond donors (Lipinski definition) is 0. The second-order valence-corrected chi connectivity index (χ2v) is 1.26. The smallest absolute Gasteiger partial charge is 0.227 e. The first-order chi connectivity index (χ1) is 2.89. The maximum atomic E-state index is 5.22. The van der Waals surface area contributed by atoms with E-state index < -0.39 is 0 Å². The summed E-state index contributed by atoms with van der Waals surface area (Å²) >= 11 is 0. The molecular formula is C3H5BN2. The highest BCUT2D eigenvalue weighted by atomic mass is 15.1. The third-order valence-electron chi connectivity index (χ3n) is 0.717. The van der Waals surface area contributed by atoms with E-state index in [9.17, 15) is 0 Å². The summed E-state index contributed by atoms with van der Waals surface area (Å²) in [4.78, 5) is 5.41. The van der Waals surface area contributed by atoms with Crippen molar-refractivity contribution in [3.05, 3.63) is 0 Å². The molecule has 1 rings (SSSR count). The molecule has 0 spiro atoms. The van der Waals surface area contributed by atoms with Crippen LogP contribution in [0.4, 0.5) is 0 Å². The number of nitrogens with zero attached hydrogens (tertiary/aromatic N) is 2. The molecule has 0 bridgehead atoms. The monoisotopic (exact) mass is 80.1 g/mol. The van der Waals surface area contributed by atoms with Crippen LogP contribution in [0.2, 0.25) is 0 Å². The average molecular weight is 79.9 g/mol. The second-order valence-electron chi connectivity index (χ2n) is 1.26. The molecule has 1 heterocycles. The van der Waals surface area contributed by atoms with Crippen LogP contribution in [0.3, 0.4) is 0 Å². The molecule has 0 N–H and O–H groups in total. The first-order valence-corrected chi connectivity index (χ1v) is 1.91. The number of rotatable bonds is 0. The van der Waals surface area contributed by atoms with Crippen LogP contribution in [0.15, 0.2) is 4.99 Å². The van der Waals surface area contributed by atoms with Gasteiger partial charge in [0, 0.05) is 6.54 Å². The molecular weight excluding hydrogens is 74.9 g/mol. The van der Waals surface area contributed by atoms with Gasteiger partial charge < -0.3 is 4.81 Å². The van der Waals surface area contributed by atoms with Crippen molar-refractivity contribution in [1.29, 1.82) is 0 Å². The van der Waals surface area contributed by atoms with Gasteiger partial charge in [-0.1, -0.05) is 0 Å². The molecule has 0 aromatic carbocycles. The van der Waals surface area contributed by atoms with Gasteiger partial charge in [-0.05, 0) is 0 Å². The lowest BCUT2D eigenvalue weighted by Gasteiger charge is -2.00. The minimum absolute atomic E-state index is 0.858. The van der Waals surface area contributed by atoms with Gasteiger partial charge in [0.2, 0.25) is 7.98 Å². The van der Waals surface area contributed by atoms with Crippen molar-refractivity contribution >= 4 is 14.3 Å². The Morgan fingerprint density at radius 1 is 1.83 bits per heavy atom. The summed E-state index contributed by atoms with van der Waals surface area (Å²) in [6, 6.07) is 0. The fourth-order valence-corrected chi connectivity index (χ4v) is 0.394. The summed E-state index contributed by atoms with van der Waals surface area (Å²) < 4.78 is 0. The molecule has 0 aliphatic carbocycles. The lowest BCUT2D eigenvalue weighted by molar-refractivity contribution is 0.728. The van der Waals surface area contributed by atoms with Crippen molar-refractivity contribution in [1.82, 2.24) is 4.81 Å². The zero-order valence-corrected chi connectivity index (χ0v) is 3.46. The molecule has 0 saturated heterocycles. The van der Waals surface area contributed by atoms with Crippen LogP contribution in [-0.4, -0.2) is 32.2 Å². The highest BCUT2D eigenvalue weighted by molar-refractivity contribution is 6.11. The Bertz CT molecular complexity index is 71.2. The molecule has 0 amide bonds. The van der Waals surface area contributed by atoms with E-state index in [4.69, 9.17) is 7.98 Å². The zero-order chi connectivity index (χ0) is 4.41. The van der Waals surface area contributed by atoms with Crippen molar-refractivity contribution in [3.63, 3.8) is 0 Å². The van der Waals surface area contributed by atoms with Gasteiger partial charge in [0.05, 0.1) is 12.9 Å². The minimum atomic E-state index is 0.858. The van der Waals surface area contributed by atoms with Crippen molar-refractivity contribution in [2.75, 3.05) is 13.1 Å². The summed E-state index contributed by atoms with van der Waals surface area (Å²) in [6.45, 7) is 1.73. The first-order valence-electron chi connectivity index (χ1n) is 1.91. The Morgan fingerprint density at radius 2 is 2.67 bits per heavy atom. The van der Waals surface area contributed by atoms with Crippen molar-refractivity contribution in [3.8, 4) is 0 Å². The molecule has 2 radical (unpaired) electrons. The lowest BCUT2D eigenvalue weighted by Crippen LogP contribution is -2.13. The summed E-state index contributed by atoms with van der Waals surface area (Å²) in [5.74, 6) is 0. The highest BCUT2D eigenvalue weighted by Gasteiger charge is 1.93. The fourth-order valence-electron chi connectivity index (χ4n) is 0.394. The Labute approximate surface area is 38.3 Å². The normalized spacial score (nSPS) is 19.7. The van der Waals surface area contributed by atoms with E-state index in [2.05, 4.69) is 4.99 Å². The van der Waals surface area contributed by atoms with Gasteiger partial charge in [0.1, 0.15) is 0 Å². The van der Waals surface area contributed by atoms with Gasteiger partial charge in [-0.25, -0.2) is 0 Å². The quantitative estimate of drug-likeness (QED) is 0.355. The summed E-state index contributed by atoms with van der Waals surface area (Å²) in [5.41, 5.74) is 0. The predicted octanol–water partition coefficient (Wildman–Crippen LogP) is -0.586. The van der Waals surface area contributed by atoms with E-state index in [0.717, 1.165) is 13.1 Å². The number of aliphatic imine (C=N–C) groups is 1. The van der Waals surface area contributed by atoms with Gasteiger partial charge in [-0.2, -0.15) is 0 Å².